The lowest BCUT2D eigenvalue weighted by molar-refractivity contribution is -0.160. The zero-order chi connectivity index (χ0) is 52.1. The molecule has 4 aromatic carbocycles. The predicted octanol–water partition coefficient (Wildman–Crippen LogP) is 8.90. The van der Waals surface area contributed by atoms with Gasteiger partial charge in [0, 0.05) is 75.7 Å². The maximum atomic E-state index is 15.9. The number of carbonyl (C=O) groups is 5. The third-order valence-corrected chi connectivity index (χ3v) is 16.3. The van der Waals surface area contributed by atoms with Crippen LogP contribution in [0.2, 0.25) is 0 Å². The van der Waals surface area contributed by atoms with Gasteiger partial charge in [0.15, 0.2) is 10.8 Å². The number of piperazine rings is 1. The van der Waals surface area contributed by atoms with E-state index in [4.69, 9.17) is 4.74 Å². The van der Waals surface area contributed by atoms with Crippen molar-refractivity contribution >= 4 is 78.7 Å². The number of alkyl halides is 2. The fraction of sp³-hybridized carbons (Fsp3) is 0.357. The zero-order valence-electron chi connectivity index (χ0n) is 41.5. The van der Waals surface area contributed by atoms with Gasteiger partial charge in [-0.25, -0.2) is 14.8 Å². The summed E-state index contributed by atoms with van der Waals surface area (Å²) in [4.78, 5) is 79.1. The lowest BCUT2D eigenvalue weighted by Crippen LogP contribution is -2.53. The lowest BCUT2D eigenvalue weighted by Gasteiger charge is -2.38. The Kier molecular flexibility index (Phi) is 13.3. The average molecular weight is 1040 g/mol. The van der Waals surface area contributed by atoms with Crippen LogP contribution in [0, 0.1) is 12.8 Å². The van der Waals surface area contributed by atoms with Gasteiger partial charge < -0.3 is 24.5 Å². The van der Waals surface area contributed by atoms with Crippen LogP contribution < -0.4 is 25.2 Å². The predicted molar refractivity (Wildman–Crippen MR) is 281 cm³/mol. The number of amides is 4. The van der Waals surface area contributed by atoms with E-state index in [-0.39, 0.29) is 54.9 Å². The smallest absolute Gasteiger partial charge is 0.355 e. The van der Waals surface area contributed by atoms with Gasteiger partial charge in [0.05, 0.1) is 39.1 Å². The molecule has 6 heterocycles. The Hall–Kier alpha value is -7.80. The van der Waals surface area contributed by atoms with Gasteiger partial charge in [-0.1, -0.05) is 59.9 Å². The van der Waals surface area contributed by atoms with Crippen LogP contribution >= 0.6 is 11.3 Å². The number of para-hydroxylation sites is 2. The second kappa shape index (κ2) is 20.1. The molecule has 386 valence electrons. The number of piperidine rings is 1. The quantitative estimate of drug-likeness (QED) is 0.0987. The number of carboxylic acid groups (broad SMARTS) is 1. The summed E-state index contributed by atoms with van der Waals surface area (Å²) in [5.41, 5.74) is 7.09. The van der Waals surface area contributed by atoms with Gasteiger partial charge in [-0.05, 0) is 116 Å². The summed E-state index contributed by atoms with van der Waals surface area (Å²) in [5.74, 6) is -6.73. The highest BCUT2D eigenvalue weighted by Gasteiger charge is 2.45. The summed E-state index contributed by atoms with van der Waals surface area (Å²) in [5, 5.41) is 21.9. The van der Waals surface area contributed by atoms with Crippen molar-refractivity contribution in [3.05, 3.63) is 125 Å². The summed E-state index contributed by atoms with van der Waals surface area (Å²) in [6.07, 6.45) is 2.38. The van der Waals surface area contributed by atoms with E-state index < -0.39 is 30.1 Å². The number of nitrogens with one attached hydrogen (secondary N) is 2. The van der Waals surface area contributed by atoms with E-state index in [1.54, 1.807) is 36.0 Å². The van der Waals surface area contributed by atoms with Crippen molar-refractivity contribution in [3.8, 4) is 16.9 Å². The van der Waals surface area contributed by atoms with Gasteiger partial charge in [0.1, 0.15) is 11.6 Å². The molecule has 3 N–H and O–H groups in total. The number of pyridine rings is 1. The highest BCUT2D eigenvalue weighted by molar-refractivity contribution is 7.22. The molecule has 1 unspecified atom stereocenters. The second-order valence-corrected chi connectivity index (χ2v) is 21.0. The molecule has 11 rings (SSSR count). The molecule has 1 aliphatic carbocycles. The van der Waals surface area contributed by atoms with Crippen molar-refractivity contribution in [2.45, 2.75) is 82.8 Å². The van der Waals surface area contributed by atoms with E-state index in [0.717, 1.165) is 43.5 Å². The maximum absolute atomic E-state index is 15.9. The Morgan fingerprint density at radius 2 is 1.61 bits per heavy atom. The molecule has 1 atom stereocenters. The van der Waals surface area contributed by atoms with Crippen molar-refractivity contribution in [3.63, 3.8) is 0 Å². The van der Waals surface area contributed by atoms with Crippen LogP contribution in [-0.2, 0) is 34.4 Å². The number of anilines is 3. The zero-order valence-corrected chi connectivity index (χ0v) is 42.3. The summed E-state index contributed by atoms with van der Waals surface area (Å²) in [6.45, 7) is 3.72. The number of aromatic carboxylic acids is 1. The van der Waals surface area contributed by atoms with Crippen LogP contribution in [0.15, 0.2) is 91.0 Å². The number of halogens is 2. The molecular weight excluding hydrogens is 981 g/mol. The number of hydrogen-bond donors (Lipinski definition) is 3. The first-order valence-electron chi connectivity index (χ1n) is 25.4. The lowest BCUT2D eigenvalue weighted by atomic mass is 9.83. The van der Waals surface area contributed by atoms with Crippen molar-refractivity contribution in [2.75, 3.05) is 47.8 Å². The molecule has 0 spiro atoms. The van der Waals surface area contributed by atoms with E-state index in [1.807, 2.05) is 78.6 Å². The minimum atomic E-state index is -3.54. The van der Waals surface area contributed by atoms with Crippen LogP contribution in [0.5, 0.6) is 5.75 Å². The van der Waals surface area contributed by atoms with Crippen molar-refractivity contribution in [1.29, 1.82) is 0 Å². The molecule has 3 aliphatic heterocycles. The normalized spacial score (nSPS) is 19.3. The fourth-order valence-corrected chi connectivity index (χ4v) is 12.3. The minimum Gasteiger partial charge on any atom is -0.490 e. The Morgan fingerprint density at radius 1 is 0.840 bits per heavy atom. The molecule has 0 radical (unpaired) electrons. The van der Waals surface area contributed by atoms with E-state index in [9.17, 15) is 29.1 Å². The number of ether oxygens (including phenoxy) is 1. The monoisotopic (exact) mass is 1040 g/mol. The number of carbonyl (C=O) groups excluding carboxylic acids is 4. The summed E-state index contributed by atoms with van der Waals surface area (Å²) in [7, 11) is 1.79. The van der Waals surface area contributed by atoms with Crippen molar-refractivity contribution in [1.82, 2.24) is 30.0 Å². The molecule has 4 amide bonds. The molecule has 75 heavy (non-hydrogen) atoms. The third kappa shape index (κ3) is 9.76. The van der Waals surface area contributed by atoms with Crippen LogP contribution in [0.25, 0.3) is 32.2 Å². The first-order chi connectivity index (χ1) is 36.2. The Morgan fingerprint density at radius 3 is 2.39 bits per heavy atom. The van der Waals surface area contributed by atoms with E-state index >= 15 is 8.78 Å². The third-order valence-electron chi connectivity index (χ3n) is 15.3. The van der Waals surface area contributed by atoms with Crippen LogP contribution in [0.1, 0.15) is 94.1 Å². The molecule has 19 heteroatoms. The second-order valence-electron chi connectivity index (χ2n) is 20.0. The molecule has 0 bridgehead atoms. The Bertz CT molecular complexity index is 3380. The topological polar surface area (TPSA) is 192 Å². The van der Waals surface area contributed by atoms with Crippen LogP contribution in [-0.4, -0.2) is 104 Å². The number of thiazole rings is 1. The molecule has 3 aromatic heterocycles. The van der Waals surface area contributed by atoms with Gasteiger partial charge in [0.25, 0.3) is 11.8 Å². The van der Waals surface area contributed by atoms with Gasteiger partial charge in [-0.15, -0.1) is 0 Å². The molecule has 4 aliphatic rings. The number of aromatic nitrogens is 4. The molecule has 16 nitrogen and oxygen atoms in total. The number of aryl methyl sites for hydroxylation is 1. The van der Waals surface area contributed by atoms with E-state index in [1.165, 1.54) is 16.2 Å². The maximum Gasteiger partial charge on any atom is 0.355 e. The first-order valence-corrected chi connectivity index (χ1v) is 26.3. The number of benzene rings is 4. The molecule has 1 saturated carbocycles. The fourth-order valence-electron chi connectivity index (χ4n) is 11.4. The average Bonchev–Trinajstić information content (AvgIpc) is 4.00. The van der Waals surface area contributed by atoms with Crippen LogP contribution in [0.3, 0.4) is 0 Å². The molecule has 7 aromatic rings. The van der Waals surface area contributed by atoms with E-state index in [2.05, 4.69) is 30.6 Å². The van der Waals surface area contributed by atoms with Gasteiger partial charge in [-0.3, -0.25) is 34.5 Å². The molecule has 3 fully saturated rings. The highest BCUT2D eigenvalue weighted by atomic mass is 32.1. The number of imide groups is 1. The largest absolute Gasteiger partial charge is 0.490 e. The summed E-state index contributed by atoms with van der Waals surface area (Å²) in [6, 6.07) is 28.1. The summed E-state index contributed by atoms with van der Waals surface area (Å²) < 4.78 is 40.9. The standard InChI is InChI=1S/C56H55F2N9O7S/c1-32-36(37-20-22-46(60-49(37)53(71)72)67-25-24-34-8-5-10-38(41(34)31-67)51(69)62-55-59-42-12-3-4-15-45(42)75-55)9-7-14-44(32)74-35-18-16-33(17-19-35)30-56(57,58)54(73)66-28-26-65(27-29-66)43-13-6-11-39-48(63-64(2)50(39)43)40-21-23-47(68)61-52(40)70/h3-15,20,22,33,35,40H,16-19,21,23-31H2,1-2H3,(H,71,72)(H,59,62,69)(H,61,68,70)/t33-,35-,40?. The minimum absolute atomic E-state index is 0.123. The van der Waals surface area contributed by atoms with Crippen molar-refractivity contribution in [2.24, 2.45) is 13.0 Å². The number of carboxylic acids is 1. The SMILES string of the molecule is Cc1c(O[C@H]2CC[C@H](CC(F)(F)C(=O)N3CCN(c4cccc5c(C6CCC(=O)NC6=O)nn(C)c45)CC3)CC2)cccc1-c1ccc(N2CCc3cccc(C(=O)Nc4nc5ccccc5s4)c3C2)nc1C(=O)O. The van der Waals surface area contributed by atoms with E-state index in [0.29, 0.717) is 104 Å². The Balaban J connectivity index is 0.699. The molecular formula is C56H55F2N9O7S. The molecule has 2 saturated heterocycles. The number of fused-ring (bicyclic) bond motifs is 3. The number of nitrogens with zero attached hydrogens (tertiary/aromatic N) is 7. The van der Waals surface area contributed by atoms with Gasteiger partial charge >= 0.3 is 11.9 Å². The first kappa shape index (κ1) is 49.4. The highest BCUT2D eigenvalue weighted by Crippen LogP contribution is 2.40. The summed E-state index contributed by atoms with van der Waals surface area (Å²) >= 11 is 1.41. The van der Waals surface area contributed by atoms with Crippen LogP contribution in [0.4, 0.5) is 25.4 Å². The Labute approximate surface area is 434 Å². The number of hydrogen-bond acceptors (Lipinski definition) is 12. The van der Waals surface area contributed by atoms with Gasteiger partial charge in [-0.2, -0.15) is 13.9 Å². The van der Waals surface area contributed by atoms with Crippen molar-refractivity contribution < 1.29 is 42.6 Å². The van der Waals surface area contributed by atoms with Gasteiger partial charge in [0.2, 0.25) is 11.8 Å². The number of rotatable bonds is 12.